The lowest BCUT2D eigenvalue weighted by Crippen LogP contribution is -2.20. The maximum absolute atomic E-state index is 12.2. The van der Waals surface area contributed by atoms with Gasteiger partial charge in [0.25, 0.3) is 0 Å². The number of hydrogen-bond acceptors (Lipinski definition) is 3. The highest BCUT2D eigenvalue weighted by Gasteiger charge is 2.12. The molecule has 0 aliphatic heterocycles. The summed E-state index contributed by atoms with van der Waals surface area (Å²) >= 11 is 0. The molecule has 0 saturated carbocycles. The van der Waals surface area contributed by atoms with E-state index in [0.29, 0.717) is 6.61 Å². The van der Waals surface area contributed by atoms with Crippen LogP contribution in [0.3, 0.4) is 0 Å². The highest BCUT2D eigenvalue weighted by molar-refractivity contribution is 5.92. The van der Waals surface area contributed by atoms with Crippen molar-refractivity contribution in [2.45, 2.75) is 32.7 Å². The van der Waals surface area contributed by atoms with Gasteiger partial charge in [0.05, 0.1) is 6.61 Å². The number of ether oxygens (including phenoxy) is 1. The number of amides is 1. The first-order chi connectivity index (χ1) is 11.1. The number of benzene rings is 2. The number of anilines is 1. The summed E-state index contributed by atoms with van der Waals surface area (Å²) in [5, 5.41) is 2.92. The number of halogens is 1. The molecule has 2 aromatic carbocycles. The van der Waals surface area contributed by atoms with Crippen LogP contribution in [0.1, 0.15) is 36.9 Å². The zero-order chi connectivity index (χ0) is 16.7. The smallest absolute Gasteiger partial charge is 0.226 e. The summed E-state index contributed by atoms with van der Waals surface area (Å²) in [6.07, 6.45) is 1.21. The van der Waals surface area contributed by atoms with Crippen molar-refractivity contribution in [2.24, 2.45) is 5.73 Å². The lowest BCUT2D eigenvalue weighted by atomic mass is 10.0. The maximum Gasteiger partial charge on any atom is 0.226 e. The van der Waals surface area contributed by atoms with Crippen LogP contribution in [-0.2, 0) is 4.79 Å². The topological polar surface area (TPSA) is 64.3 Å². The lowest BCUT2D eigenvalue weighted by molar-refractivity contribution is -0.116. The minimum atomic E-state index is -0.302. The quantitative estimate of drug-likeness (QED) is 0.786. The molecule has 0 fully saturated rings. The monoisotopic (exact) mass is 348 g/mol. The van der Waals surface area contributed by atoms with Gasteiger partial charge in [0.1, 0.15) is 5.75 Å². The zero-order valence-corrected chi connectivity index (χ0v) is 14.9. The molecule has 0 aliphatic carbocycles. The average molecular weight is 349 g/mol. The Morgan fingerprint density at radius 2 is 1.92 bits per heavy atom. The van der Waals surface area contributed by atoms with Gasteiger partial charge < -0.3 is 15.8 Å². The van der Waals surface area contributed by atoms with E-state index < -0.39 is 0 Å². The summed E-state index contributed by atoms with van der Waals surface area (Å²) < 4.78 is 5.59. The number of nitrogens with two attached hydrogens (primary N) is 1. The minimum Gasteiger partial charge on any atom is -0.494 e. The van der Waals surface area contributed by atoms with Crippen molar-refractivity contribution < 1.29 is 9.53 Å². The van der Waals surface area contributed by atoms with Gasteiger partial charge in [-0.1, -0.05) is 37.3 Å². The second-order valence-electron chi connectivity index (χ2n) is 5.59. The van der Waals surface area contributed by atoms with Gasteiger partial charge >= 0.3 is 0 Å². The van der Waals surface area contributed by atoms with E-state index in [9.17, 15) is 4.79 Å². The Hall–Kier alpha value is -2.04. The highest BCUT2D eigenvalue weighted by Crippen LogP contribution is 2.22. The largest absolute Gasteiger partial charge is 0.494 e. The molecule has 0 bridgehead atoms. The minimum absolute atomic E-state index is 0. The summed E-state index contributed by atoms with van der Waals surface area (Å²) in [6, 6.07) is 15.0. The second-order valence-corrected chi connectivity index (χ2v) is 5.59. The normalized spacial score (nSPS) is 11.3. The number of aryl methyl sites for hydroxylation is 1. The predicted octanol–water partition coefficient (Wildman–Crippen LogP) is 4.23. The molecule has 2 rings (SSSR count). The summed E-state index contributed by atoms with van der Waals surface area (Å²) in [7, 11) is 0. The molecule has 1 amide bonds. The van der Waals surface area contributed by atoms with Gasteiger partial charge in [-0.3, -0.25) is 4.79 Å². The van der Waals surface area contributed by atoms with Crippen LogP contribution in [0.25, 0.3) is 0 Å². The fourth-order valence-electron chi connectivity index (χ4n) is 2.31. The molecule has 1 atom stereocenters. The Morgan fingerprint density at radius 1 is 1.21 bits per heavy atom. The van der Waals surface area contributed by atoms with Crippen LogP contribution in [-0.4, -0.2) is 12.5 Å². The average Bonchev–Trinajstić information content (AvgIpc) is 2.56. The number of rotatable bonds is 7. The van der Waals surface area contributed by atoms with Crippen molar-refractivity contribution in [1.82, 2.24) is 0 Å². The summed E-state index contributed by atoms with van der Waals surface area (Å²) in [6.45, 7) is 4.71. The molecule has 0 spiro atoms. The SMILES string of the molecule is CCCOc1ccc(NC(=O)CC(N)c2ccccc2)c(C)c1.Cl. The van der Waals surface area contributed by atoms with Gasteiger partial charge in [-0.05, 0) is 42.7 Å². The molecule has 24 heavy (non-hydrogen) atoms. The molecule has 0 saturated heterocycles. The van der Waals surface area contributed by atoms with Crippen LogP contribution in [0.15, 0.2) is 48.5 Å². The Balaban J connectivity index is 0.00000288. The molecule has 2 aromatic rings. The first-order valence-electron chi connectivity index (χ1n) is 7.94. The highest BCUT2D eigenvalue weighted by atomic mass is 35.5. The third-order valence-electron chi connectivity index (χ3n) is 3.58. The van der Waals surface area contributed by atoms with Gasteiger partial charge in [-0.2, -0.15) is 0 Å². The van der Waals surface area contributed by atoms with Crippen molar-refractivity contribution in [3.8, 4) is 5.75 Å². The van der Waals surface area contributed by atoms with Crippen LogP contribution in [0, 0.1) is 6.92 Å². The molecular weight excluding hydrogens is 324 g/mol. The number of hydrogen-bond donors (Lipinski definition) is 2. The van der Waals surface area contributed by atoms with E-state index in [0.717, 1.165) is 29.0 Å². The van der Waals surface area contributed by atoms with Gasteiger partial charge in [0.2, 0.25) is 5.91 Å². The van der Waals surface area contributed by atoms with Crippen LogP contribution >= 0.6 is 12.4 Å². The zero-order valence-electron chi connectivity index (χ0n) is 14.1. The van der Waals surface area contributed by atoms with Gasteiger partial charge in [0.15, 0.2) is 0 Å². The van der Waals surface area contributed by atoms with E-state index in [-0.39, 0.29) is 30.8 Å². The molecule has 0 heterocycles. The third kappa shape index (κ3) is 5.87. The third-order valence-corrected chi connectivity index (χ3v) is 3.58. The standard InChI is InChI=1S/C19H24N2O2.ClH/c1-3-11-23-16-9-10-18(14(2)12-16)21-19(22)13-17(20)15-7-5-4-6-8-15;/h4-10,12,17H,3,11,13,20H2,1-2H3,(H,21,22);1H. The Bertz CT molecular complexity index is 647. The Kier molecular flexibility index (Phi) is 8.30. The molecular formula is C19H25ClN2O2. The molecule has 0 aliphatic rings. The first-order valence-corrected chi connectivity index (χ1v) is 7.94. The summed E-state index contributed by atoms with van der Waals surface area (Å²) in [5.41, 5.74) is 8.81. The van der Waals surface area contributed by atoms with E-state index in [4.69, 9.17) is 10.5 Å². The van der Waals surface area contributed by atoms with Gasteiger partial charge in [-0.25, -0.2) is 0 Å². The van der Waals surface area contributed by atoms with Crippen LogP contribution in [0.5, 0.6) is 5.75 Å². The lowest BCUT2D eigenvalue weighted by Gasteiger charge is -2.14. The molecule has 1 unspecified atom stereocenters. The van der Waals surface area contributed by atoms with Crippen LogP contribution in [0.4, 0.5) is 5.69 Å². The molecule has 5 heteroatoms. The van der Waals surface area contributed by atoms with Crippen molar-refractivity contribution in [2.75, 3.05) is 11.9 Å². The number of carbonyl (C=O) groups is 1. The van der Waals surface area contributed by atoms with Crippen LogP contribution < -0.4 is 15.8 Å². The fourth-order valence-corrected chi connectivity index (χ4v) is 2.31. The summed E-state index contributed by atoms with van der Waals surface area (Å²) in [5.74, 6) is 0.731. The van der Waals surface area contributed by atoms with E-state index in [1.54, 1.807) is 0 Å². The van der Waals surface area contributed by atoms with Gasteiger partial charge in [-0.15, -0.1) is 12.4 Å². The fraction of sp³-hybridized carbons (Fsp3) is 0.316. The number of nitrogens with one attached hydrogen (secondary N) is 1. The van der Waals surface area contributed by atoms with Crippen molar-refractivity contribution >= 4 is 24.0 Å². The predicted molar refractivity (Wildman–Crippen MR) is 101 cm³/mol. The van der Waals surface area contributed by atoms with Crippen molar-refractivity contribution in [3.05, 3.63) is 59.7 Å². The second kappa shape index (κ2) is 9.96. The molecule has 4 nitrogen and oxygen atoms in total. The van der Waals surface area contributed by atoms with Crippen molar-refractivity contribution in [1.29, 1.82) is 0 Å². The Morgan fingerprint density at radius 3 is 2.54 bits per heavy atom. The van der Waals surface area contributed by atoms with E-state index in [1.165, 1.54) is 0 Å². The molecule has 130 valence electrons. The van der Waals surface area contributed by atoms with E-state index in [2.05, 4.69) is 12.2 Å². The van der Waals surface area contributed by atoms with Crippen molar-refractivity contribution in [3.63, 3.8) is 0 Å². The van der Waals surface area contributed by atoms with E-state index >= 15 is 0 Å². The number of carbonyl (C=O) groups excluding carboxylic acids is 1. The Labute approximate surface area is 149 Å². The maximum atomic E-state index is 12.2. The molecule has 0 radical (unpaired) electrons. The molecule has 0 aromatic heterocycles. The van der Waals surface area contributed by atoms with Crippen LogP contribution in [0.2, 0.25) is 0 Å². The first kappa shape index (κ1) is 20.0. The molecule has 3 N–H and O–H groups in total. The summed E-state index contributed by atoms with van der Waals surface area (Å²) in [4.78, 5) is 12.2. The van der Waals surface area contributed by atoms with E-state index in [1.807, 2.05) is 55.5 Å². The van der Waals surface area contributed by atoms with Gasteiger partial charge in [0, 0.05) is 18.2 Å².